The van der Waals surface area contributed by atoms with Crippen LogP contribution in [0.15, 0.2) is 53.4 Å². The predicted octanol–water partition coefficient (Wildman–Crippen LogP) is 4.42. The summed E-state index contributed by atoms with van der Waals surface area (Å²) < 4.78 is 28.2. The van der Waals surface area contributed by atoms with Gasteiger partial charge < -0.3 is 0 Å². The fourth-order valence-corrected chi connectivity index (χ4v) is 4.93. The lowest BCUT2D eigenvalue weighted by Gasteiger charge is -2.19. The van der Waals surface area contributed by atoms with Gasteiger partial charge in [-0.15, -0.1) is 0 Å². The van der Waals surface area contributed by atoms with Gasteiger partial charge in [0.15, 0.2) is 0 Å². The smallest absolute Gasteiger partial charge is 0.207 e. The summed E-state index contributed by atoms with van der Waals surface area (Å²) in [4.78, 5) is -0.0556. The van der Waals surface area contributed by atoms with Crippen molar-refractivity contribution in [3.05, 3.63) is 64.1 Å². The van der Waals surface area contributed by atoms with Crippen LogP contribution in [0.2, 0.25) is 10.0 Å². The summed E-state index contributed by atoms with van der Waals surface area (Å²) in [5.41, 5.74) is 0.955. The minimum Gasteiger partial charge on any atom is -0.207 e. The third kappa shape index (κ3) is 3.30. The fourth-order valence-electron chi connectivity index (χ4n) is 2.49. The summed E-state index contributed by atoms with van der Waals surface area (Å²) in [5.74, 6) is 0.318. The molecule has 2 aromatic rings. The Balaban J connectivity index is 1.96. The molecule has 1 N–H and O–H groups in total. The van der Waals surface area contributed by atoms with Crippen molar-refractivity contribution in [2.24, 2.45) is 5.92 Å². The lowest BCUT2D eigenvalue weighted by molar-refractivity contribution is 0.529. The molecule has 3 nitrogen and oxygen atoms in total. The van der Waals surface area contributed by atoms with Gasteiger partial charge in [-0.3, -0.25) is 0 Å². The molecule has 0 amide bonds. The largest absolute Gasteiger partial charge is 0.244 e. The molecule has 0 aliphatic heterocycles. The van der Waals surface area contributed by atoms with Crippen LogP contribution in [0.3, 0.4) is 0 Å². The van der Waals surface area contributed by atoms with E-state index >= 15 is 0 Å². The molecule has 1 atom stereocenters. The van der Waals surface area contributed by atoms with Gasteiger partial charge in [-0.1, -0.05) is 59.6 Å². The number of nitrogens with one attached hydrogen (secondary N) is 1. The van der Waals surface area contributed by atoms with Crippen LogP contribution in [-0.2, 0) is 10.0 Å². The minimum absolute atomic E-state index is 0.0556. The van der Waals surface area contributed by atoms with E-state index in [1.54, 1.807) is 6.07 Å². The summed E-state index contributed by atoms with van der Waals surface area (Å²) in [6.45, 7) is 0. The molecule has 0 unspecified atom stereocenters. The first-order chi connectivity index (χ1) is 10.5. The SMILES string of the molecule is O=S(=O)(N[C@@H](c1ccccc1)C1CC1)c1c(Cl)cccc1Cl. The van der Waals surface area contributed by atoms with Crippen molar-refractivity contribution in [3.8, 4) is 0 Å². The second kappa shape index (κ2) is 6.20. The molecule has 22 heavy (non-hydrogen) atoms. The Hall–Kier alpha value is -1.07. The first-order valence-electron chi connectivity index (χ1n) is 7.00. The van der Waals surface area contributed by atoms with Gasteiger partial charge in [0.25, 0.3) is 0 Å². The van der Waals surface area contributed by atoms with Crippen LogP contribution in [0.1, 0.15) is 24.4 Å². The number of sulfonamides is 1. The van der Waals surface area contributed by atoms with Crippen molar-refractivity contribution < 1.29 is 8.42 Å². The third-order valence-electron chi connectivity index (χ3n) is 3.72. The standard InChI is InChI=1S/C16H15Cl2NO2S/c17-13-7-4-8-14(18)16(13)22(20,21)19-15(12-9-10-12)11-5-2-1-3-6-11/h1-8,12,15,19H,9-10H2/t15-/m0/s1. The van der Waals surface area contributed by atoms with Crippen molar-refractivity contribution in [1.29, 1.82) is 0 Å². The number of benzene rings is 2. The highest BCUT2D eigenvalue weighted by Gasteiger charge is 2.36. The van der Waals surface area contributed by atoms with E-state index in [9.17, 15) is 8.42 Å². The lowest BCUT2D eigenvalue weighted by Crippen LogP contribution is -2.30. The van der Waals surface area contributed by atoms with Crippen LogP contribution in [0.4, 0.5) is 0 Å². The summed E-state index contributed by atoms with van der Waals surface area (Å²) in [7, 11) is -3.79. The molecule has 1 aliphatic rings. The zero-order chi connectivity index (χ0) is 15.7. The van der Waals surface area contributed by atoms with Crippen molar-refractivity contribution in [1.82, 2.24) is 4.72 Å². The molecule has 0 saturated heterocycles. The lowest BCUT2D eigenvalue weighted by atomic mass is 10.0. The highest BCUT2D eigenvalue weighted by atomic mass is 35.5. The first-order valence-corrected chi connectivity index (χ1v) is 9.24. The average Bonchev–Trinajstić information content (AvgIpc) is 3.30. The molecule has 3 rings (SSSR count). The molecule has 0 aromatic heterocycles. The number of rotatable bonds is 5. The van der Waals surface area contributed by atoms with Crippen molar-refractivity contribution in [2.75, 3.05) is 0 Å². The van der Waals surface area contributed by atoms with E-state index in [0.717, 1.165) is 18.4 Å². The molecule has 0 radical (unpaired) electrons. The topological polar surface area (TPSA) is 46.2 Å². The Kier molecular flexibility index (Phi) is 4.46. The number of hydrogen-bond donors (Lipinski definition) is 1. The van der Waals surface area contributed by atoms with E-state index in [4.69, 9.17) is 23.2 Å². The van der Waals surface area contributed by atoms with Crippen molar-refractivity contribution >= 4 is 33.2 Å². The van der Waals surface area contributed by atoms with E-state index < -0.39 is 10.0 Å². The molecule has 0 spiro atoms. The van der Waals surface area contributed by atoms with Crippen molar-refractivity contribution in [2.45, 2.75) is 23.8 Å². The maximum Gasteiger partial charge on any atom is 0.244 e. The average molecular weight is 356 g/mol. The molecular formula is C16H15Cl2NO2S. The van der Waals surface area contributed by atoms with E-state index in [0.29, 0.717) is 5.92 Å². The molecular weight excluding hydrogens is 341 g/mol. The van der Waals surface area contributed by atoms with Gasteiger partial charge >= 0.3 is 0 Å². The Labute approximate surface area is 140 Å². The Morgan fingerprint density at radius 1 is 0.955 bits per heavy atom. The van der Waals surface area contributed by atoms with Crippen LogP contribution >= 0.6 is 23.2 Å². The second-order valence-electron chi connectivity index (χ2n) is 5.40. The summed E-state index contributed by atoms with van der Waals surface area (Å²) in [6.07, 6.45) is 2.02. The van der Waals surface area contributed by atoms with E-state index in [2.05, 4.69) is 4.72 Å². The van der Waals surface area contributed by atoms with Crippen LogP contribution < -0.4 is 4.72 Å². The number of hydrogen-bond acceptors (Lipinski definition) is 2. The van der Waals surface area contributed by atoms with Crippen LogP contribution in [0, 0.1) is 5.92 Å². The fraction of sp³-hybridized carbons (Fsp3) is 0.250. The molecule has 1 saturated carbocycles. The summed E-state index contributed by atoms with van der Waals surface area (Å²) >= 11 is 12.1. The van der Waals surface area contributed by atoms with Gasteiger partial charge in [0.2, 0.25) is 10.0 Å². The summed E-state index contributed by atoms with van der Waals surface area (Å²) in [6, 6.07) is 14.0. The second-order valence-corrected chi connectivity index (χ2v) is 7.86. The van der Waals surface area contributed by atoms with Gasteiger partial charge in [0, 0.05) is 6.04 Å². The van der Waals surface area contributed by atoms with Gasteiger partial charge in [-0.25, -0.2) is 13.1 Å². The van der Waals surface area contributed by atoms with Crippen molar-refractivity contribution in [3.63, 3.8) is 0 Å². The Morgan fingerprint density at radius 3 is 2.09 bits per heavy atom. The minimum atomic E-state index is -3.79. The number of halogens is 2. The van der Waals surface area contributed by atoms with E-state index in [1.807, 2.05) is 30.3 Å². The third-order valence-corrected chi connectivity index (χ3v) is 6.12. The van der Waals surface area contributed by atoms with E-state index in [-0.39, 0.29) is 21.0 Å². The maximum atomic E-state index is 12.7. The molecule has 0 bridgehead atoms. The molecule has 2 aromatic carbocycles. The van der Waals surface area contributed by atoms with Crippen LogP contribution in [-0.4, -0.2) is 8.42 Å². The highest BCUT2D eigenvalue weighted by Crippen LogP contribution is 2.42. The monoisotopic (exact) mass is 355 g/mol. The molecule has 1 aliphatic carbocycles. The Morgan fingerprint density at radius 2 is 1.55 bits per heavy atom. The van der Waals surface area contributed by atoms with Crippen LogP contribution in [0.25, 0.3) is 0 Å². The molecule has 6 heteroatoms. The van der Waals surface area contributed by atoms with Crippen LogP contribution in [0.5, 0.6) is 0 Å². The quantitative estimate of drug-likeness (QED) is 0.862. The molecule has 0 heterocycles. The highest BCUT2D eigenvalue weighted by molar-refractivity contribution is 7.89. The molecule has 1 fully saturated rings. The van der Waals surface area contributed by atoms with Gasteiger partial charge in [0.05, 0.1) is 10.0 Å². The molecule has 116 valence electrons. The zero-order valence-corrected chi connectivity index (χ0v) is 14.0. The van der Waals surface area contributed by atoms with Gasteiger partial charge in [-0.05, 0) is 36.5 Å². The maximum absolute atomic E-state index is 12.7. The van der Waals surface area contributed by atoms with E-state index in [1.165, 1.54) is 12.1 Å². The normalized spacial score (nSPS) is 16.5. The first kappa shape index (κ1) is 15.8. The Bertz CT molecular complexity index is 754. The predicted molar refractivity (Wildman–Crippen MR) is 88.7 cm³/mol. The van der Waals surface area contributed by atoms with Gasteiger partial charge in [0.1, 0.15) is 4.90 Å². The summed E-state index contributed by atoms with van der Waals surface area (Å²) in [5, 5.41) is 0.255. The zero-order valence-electron chi connectivity index (χ0n) is 11.7. The van der Waals surface area contributed by atoms with Gasteiger partial charge in [-0.2, -0.15) is 0 Å².